The van der Waals surface area contributed by atoms with Crippen molar-refractivity contribution in [2.24, 2.45) is 0 Å². The van der Waals surface area contributed by atoms with Crippen LogP contribution in [0.25, 0.3) is 20.8 Å². The first-order valence-corrected chi connectivity index (χ1v) is 7.10. The maximum absolute atomic E-state index is 6.18. The van der Waals surface area contributed by atoms with Gasteiger partial charge in [-0.25, -0.2) is 4.98 Å². The number of nitrogens with zero attached hydrogens (tertiary/aromatic N) is 1. The molecule has 18 heavy (non-hydrogen) atoms. The molecule has 3 rings (SSSR count). The minimum absolute atomic E-state index is 0.604. The van der Waals surface area contributed by atoms with Gasteiger partial charge in [0.2, 0.25) is 0 Å². The number of fused-ring (bicyclic) bond motifs is 1. The van der Waals surface area contributed by atoms with Crippen molar-refractivity contribution in [3.63, 3.8) is 0 Å². The maximum Gasteiger partial charge on any atom is 0.126 e. The van der Waals surface area contributed by atoms with Crippen molar-refractivity contribution >= 4 is 56.4 Å². The number of halogens is 3. The van der Waals surface area contributed by atoms with Gasteiger partial charge in [-0.1, -0.05) is 34.8 Å². The van der Waals surface area contributed by atoms with Gasteiger partial charge < -0.3 is 0 Å². The Morgan fingerprint density at radius 1 is 0.889 bits per heavy atom. The number of hydrogen-bond acceptors (Lipinski definition) is 2. The van der Waals surface area contributed by atoms with Crippen molar-refractivity contribution in [2.75, 3.05) is 0 Å². The number of aromatic nitrogens is 1. The van der Waals surface area contributed by atoms with Crippen LogP contribution in [-0.2, 0) is 0 Å². The summed E-state index contributed by atoms with van der Waals surface area (Å²) in [6.07, 6.45) is 0. The van der Waals surface area contributed by atoms with Gasteiger partial charge in [0.05, 0.1) is 15.2 Å². The average molecular weight is 315 g/mol. The van der Waals surface area contributed by atoms with Crippen molar-refractivity contribution in [3.05, 3.63) is 51.5 Å². The fourth-order valence-electron chi connectivity index (χ4n) is 1.68. The molecule has 0 aliphatic carbocycles. The van der Waals surface area contributed by atoms with Crippen LogP contribution in [0.5, 0.6) is 0 Å². The summed E-state index contributed by atoms with van der Waals surface area (Å²) in [6, 6.07) is 11.1. The Kier molecular flexibility index (Phi) is 3.20. The Morgan fingerprint density at radius 2 is 1.61 bits per heavy atom. The SMILES string of the molecule is Clc1ccc(-c2nc3cc(Cl)ccc3s2)c(Cl)c1. The first-order valence-electron chi connectivity index (χ1n) is 5.15. The normalized spacial score (nSPS) is 11.1. The van der Waals surface area contributed by atoms with Crippen LogP contribution in [0.3, 0.4) is 0 Å². The molecule has 0 spiro atoms. The van der Waals surface area contributed by atoms with Gasteiger partial charge in [0.15, 0.2) is 0 Å². The monoisotopic (exact) mass is 313 g/mol. The molecule has 2 aromatic carbocycles. The first kappa shape index (κ1) is 12.2. The summed E-state index contributed by atoms with van der Waals surface area (Å²) in [5.74, 6) is 0. The van der Waals surface area contributed by atoms with Crippen molar-refractivity contribution in [1.29, 1.82) is 0 Å². The standard InChI is InChI=1S/C13H6Cl3NS/c14-7-1-3-9(10(16)5-7)13-17-11-6-8(15)2-4-12(11)18-13/h1-6H. The fraction of sp³-hybridized carbons (Fsp3) is 0. The first-order chi connectivity index (χ1) is 8.63. The lowest BCUT2D eigenvalue weighted by Crippen LogP contribution is -1.78. The Morgan fingerprint density at radius 3 is 2.39 bits per heavy atom. The minimum Gasteiger partial charge on any atom is -0.236 e. The Labute approximate surface area is 123 Å². The lowest BCUT2D eigenvalue weighted by Gasteiger charge is -1.99. The van der Waals surface area contributed by atoms with Gasteiger partial charge in [-0.15, -0.1) is 11.3 Å². The summed E-state index contributed by atoms with van der Waals surface area (Å²) in [7, 11) is 0. The van der Waals surface area contributed by atoms with Gasteiger partial charge in [-0.2, -0.15) is 0 Å². The predicted molar refractivity (Wildman–Crippen MR) is 80.1 cm³/mol. The van der Waals surface area contributed by atoms with Crippen LogP contribution >= 0.6 is 46.1 Å². The van der Waals surface area contributed by atoms with Crippen molar-refractivity contribution in [2.45, 2.75) is 0 Å². The van der Waals surface area contributed by atoms with Gasteiger partial charge in [-0.05, 0) is 36.4 Å². The molecule has 5 heteroatoms. The number of benzene rings is 2. The molecule has 0 saturated carbocycles. The van der Waals surface area contributed by atoms with Crippen molar-refractivity contribution in [3.8, 4) is 10.6 Å². The zero-order valence-electron chi connectivity index (χ0n) is 8.95. The highest BCUT2D eigenvalue weighted by Gasteiger charge is 2.10. The fourth-order valence-corrected chi connectivity index (χ4v) is 3.38. The molecule has 0 bridgehead atoms. The van der Waals surface area contributed by atoms with E-state index in [0.717, 1.165) is 20.8 Å². The molecule has 3 aromatic rings. The summed E-state index contributed by atoms with van der Waals surface area (Å²) in [4.78, 5) is 4.54. The van der Waals surface area contributed by atoms with Crippen molar-refractivity contribution < 1.29 is 0 Å². The second kappa shape index (κ2) is 4.71. The van der Waals surface area contributed by atoms with E-state index in [1.165, 1.54) is 0 Å². The molecule has 0 atom stereocenters. The topological polar surface area (TPSA) is 12.9 Å². The molecule has 0 amide bonds. The van der Waals surface area contributed by atoms with Gasteiger partial charge >= 0.3 is 0 Å². The van der Waals surface area contributed by atoms with E-state index >= 15 is 0 Å². The molecule has 1 nitrogen and oxygen atoms in total. The van der Waals surface area contributed by atoms with E-state index in [0.29, 0.717) is 15.1 Å². The van der Waals surface area contributed by atoms with Crippen molar-refractivity contribution in [1.82, 2.24) is 4.98 Å². The molecule has 1 aromatic heterocycles. The van der Waals surface area contributed by atoms with Gasteiger partial charge in [0, 0.05) is 15.6 Å². The smallest absolute Gasteiger partial charge is 0.126 e. The van der Waals surface area contributed by atoms with E-state index in [1.54, 1.807) is 17.4 Å². The molecule has 0 saturated heterocycles. The molecule has 0 N–H and O–H groups in total. The molecule has 0 unspecified atom stereocenters. The highest BCUT2D eigenvalue weighted by molar-refractivity contribution is 7.21. The van der Waals surface area contributed by atoms with E-state index < -0.39 is 0 Å². The van der Waals surface area contributed by atoms with Gasteiger partial charge in [0.25, 0.3) is 0 Å². The summed E-state index contributed by atoms with van der Waals surface area (Å²) < 4.78 is 1.08. The third-order valence-electron chi connectivity index (χ3n) is 2.51. The zero-order chi connectivity index (χ0) is 12.7. The molecular formula is C13H6Cl3NS. The highest BCUT2D eigenvalue weighted by atomic mass is 35.5. The predicted octanol–water partition coefficient (Wildman–Crippen LogP) is 5.92. The van der Waals surface area contributed by atoms with E-state index in [1.807, 2.05) is 30.3 Å². The average Bonchev–Trinajstić information content (AvgIpc) is 2.71. The largest absolute Gasteiger partial charge is 0.236 e. The van der Waals surface area contributed by atoms with Crippen LogP contribution in [-0.4, -0.2) is 4.98 Å². The summed E-state index contributed by atoms with van der Waals surface area (Å²) in [5.41, 5.74) is 1.77. The molecule has 0 aliphatic rings. The van der Waals surface area contributed by atoms with E-state index in [2.05, 4.69) is 4.98 Å². The molecule has 0 radical (unpaired) electrons. The maximum atomic E-state index is 6.18. The second-order valence-electron chi connectivity index (χ2n) is 3.76. The summed E-state index contributed by atoms with van der Waals surface area (Å²) in [5, 5.41) is 2.77. The lowest BCUT2D eigenvalue weighted by molar-refractivity contribution is 1.48. The number of hydrogen-bond donors (Lipinski definition) is 0. The van der Waals surface area contributed by atoms with E-state index in [9.17, 15) is 0 Å². The third kappa shape index (κ3) is 2.21. The highest BCUT2D eigenvalue weighted by Crippen LogP contribution is 2.36. The summed E-state index contributed by atoms with van der Waals surface area (Å²) >= 11 is 19.6. The van der Waals surface area contributed by atoms with Gasteiger partial charge in [-0.3, -0.25) is 0 Å². The van der Waals surface area contributed by atoms with Crippen LogP contribution in [0.2, 0.25) is 15.1 Å². The quantitative estimate of drug-likeness (QED) is 0.543. The molecule has 1 heterocycles. The molecule has 0 fully saturated rings. The van der Waals surface area contributed by atoms with Crippen LogP contribution in [0.4, 0.5) is 0 Å². The van der Waals surface area contributed by atoms with Crippen LogP contribution in [0.15, 0.2) is 36.4 Å². The molecule has 0 aliphatic heterocycles. The Bertz CT molecular complexity index is 736. The van der Waals surface area contributed by atoms with Crippen LogP contribution in [0, 0.1) is 0 Å². The molecular weight excluding hydrogens is 309 g/mol. The minimum atomic E-state index is 0.604. The van der Waals surface area contributed by atoms with Crippen LogP contribution < -0.4 is 0 Å². The summed E-state index contributed by atoms with van der Waals surface area (Å²) in [6.45, 7) is 0. The lowest BCUT2D eigenvalue weighted by atomic mass is 10.2. The zero-order valence-corrected chi connectivity index (χ0v) is 12.0. The van der Waals surface area contributed by atoms with Crippen LogP contribution in [0.1, 0.15) is 0 Å². The molecule has 90 valence electrons. The van der Waals surface area contributed by atoms with E-state index in [-0.39, 0.29) is 0 Å². The Balaban J connectivity index is 2.19. The third-order valence-corrected chi connectivity index (χ3v) is 4.36. The van der Waals surface area contributed by atoms with E-state index in [4.69, 9.17) is 34.8 Å². The number of rotatable bonds is 1. The Hall–Kier alpha value is -0.800. The second-order valence-corrected chi connectivity index (χ2v) is 6.07. The number of thiazole rings is 1. The van der Waals surface area contributed by atoms with Gasteiger partial charge in [0.1, 0.15) is 5.01 Å².